The summed E-state index contributed by atoms with van der Waals surface area (Å²) in [7, 11) is 0. The van der Waals surface area contributed by atoms with Crippen LogP contribution in [0.1, 0.15) is 155 Å². The number of hydrogen-bond acceptors (Lipinski definition) is 3. The van der Waals surface area contributed by atoms with Crippen LogP contribution in [0.25, 0.3) is 0 Å². The van der Waals surface area contributed by atoms with Crippen molar-refractivity contribution in [3.8, 4) is 0 Å². The van der Waals surface area contributed by atoms with Crippen LogP contribution in [0.5, 0.6) is 0 Å². The molecule has 0 saturated heterocycles. The second-order valence-electron chi connectivity index (χ2n) is 9.41. The molecule has 0 fully saturated rings. The Kier molecular flexibility index (Phi) is 26.8. The number of unbranched alkanes of at least 4 members (excludes halogenated alkanes) is 20. The topological polar surface area (TPSA) is 52.5 Å². The van der Waals surface area contributed by atoms with Gasteiger partial charge in [-0.15, -0.1) is 0 Å². The van der Waals surface area contributed by atoms with E-state index in [0.29, 0.717) is 0 Å². The first-order valence-electron chi connectivity index (χ1n) is 13.8. The van der Waals surface area contributed by atoms with E-state index < -0.39 is 0 Å². The smallest absolute Gasteiger partial charge is 0.104 e. The molecule has 0 aliphatic carbocycles. The van der Waals surface area contributed by atoms with Gasteiger partial charge in [-0.2, -0.15) is 0 Å². The van der Waals surface area contributed by atoms with E-state index in [-0.39, 0.29) is 12.8 Å². The quantitative estimate of drug-likeness (QED) is 0.0971. The number of aliphatic hydroxyl groups is 2. The Morgan fingerprint density at radius 1 is 0.500 bits per heavy atom. The summed E-state index contributed by atoms with van der Waals surface area (Å²) in [6, 6.07) is 0. The van der Waals surface area contributed by atoms with Gasteiger partial charge in [0, 0.05) is 6.61 Å². The molecule has 0 aliphatic heterocycles. The van der Waals surface area contributed by atoms with Gasteiger partial charge in [0.15, 0.2) is 0 Å². The summed E-state index contributed by atoms with van der Waals surface area (Å²) in [5.74, 6) is 0. The average molecular weight is 428 g/mol. The molecule has 0 bridgehead atoms. The number of aliphatic hydroxyl groups excluding tert-OH is 2. The molecule has 0 amide bonds. The lowest BCUT2D eigenvalue weighted by molar-refractivity contribution is 0.124. The predicted octanol–water partition coefficient (Wildman–Crippen LogP) is 7.88. The SMILES string of the molecule is CCCCCCCCCCCCCCCCCCCCCC(O)NCCCCCO. The average Bonchev–Trinajstić information content (AvgIpc) is 2.75. The minimum atomic E-state index is -0.343. The maximum Gasteiger partial charge on any atom is 0.104 e. The Balaban J connectivity index is 3.07. The molecule has 0 rings (SSSR count). The van der Waals surface area contributed by atoms with E-state index in [0.717, 1.165) is 38.6 Å². The minimum absolute atomic E-state index is 0.280. The normalized spacial score (nSPS) is 12.5. The highest BCUT2D eigenvalue weighted by molar-refractivity contribution is 4.56. The third-order valence-corrected chi connectivity index (χ3v) is 6.30. The van der Waals surface area contributed by atoms with Crippen LogP contribution in [0.15, 0.2) is 0 Å². The summed E-state index contributed by atoms with van der Waals surface area (Å²) in [5, 5.41) is 21.8. The lowest BCUT2D eigenvalue weighted by Crippen LogP contribution is -2.29. The van der Waals surface area contributed by atoms with E-state index in [2.05, 4.69) is 12.2 Å². The lowest BCUT2D eigenvalue weighted by Gasteiger charge is -2.12. The summed E-state index contributed by atoms with van der Waals surface area (Å²) in [5.41, 5.74) is 0. The largest absolute Gasteiger partial charge is 0.396 e. The van der Waals surface area contributed by atoms with Gasteiger partial charge >= 0.3 is 0 Å². The van der Waals surface area contributed by atoms with Gasteiger partial charge in [-0.25, -0.2) is 0 Å². The van der Waals surface area contributed by atoms with E-state index in [1.807, 2.05) is 0 Å². The van der Waals surface area contributed by atoms with Crippen LogP contribution in [0.2, 0.25) is 0 Å². The van der Waals surface area contributed by atoms with Gasteiger partial charge in [0.05, 0.1) is 0 Å². The number of nitrogens with one attached hydrogen (secondary N) is 1. The molecule has 0 saturated carbocycles. The van der Waals surface area contributed by atoms with E-state index in [1.54, 1.807) is 0 Å². The highest BCUT2D eigenvalue weighted by atomic mass is 16.3. The summed E-state index contributed by atoms with van der Waals surface area (Å²) >= 11 is 0. The summed E-state index contributed by atoms with van der Waals surface area (Å²) in [6.07, 6.45) is 30.1. The van der Waals surface area contributed by atoms with Crippen LogP contribution in [-0.2, 0) is 0 Å². The van der Waals surface area contributed by atoms with Crippen molar-refractivity contribution in [3.63, 3.8) is 0 Å². The minimum Gasteiger partial charge on any atom is -0.396 e. The Labute approximate surface area is 189 Å². The molecular formula is C27H57NO2. The second-order valence-corrected chi connectivity index (χ2v) is 9.41. The van der Waals surface area contributed by atoms with Crippen molar-refractivity contribution in [2.75, 3.05) is 13.2 Å². The van der Waals surface area contributed by atoms with Gasteiger partial charge < -0.3 is 10.2 Å². The Morgan fingerprint density at radius 2 is 0.867 bits per heavy atom. The van der Waals surface area contributed by atoms with Crippen molar-refractivity contribution in [3.05, 3.63) is 0 Å². The van der Waals surface area contributed by atoms with Gasteiger partial charge in [0.25, 0.3) is 0 Å². The van der Waals surface area contributed by atoms with Gasteiger partial charge in [-0.3, -0.25) is 5.32 Å². The van der Waals surface area contributed by atoms with E-state index in [1.165, 1.54) is 116 Å². The molecule has 182 valence electrons. The van der Waals surface area contributed by atoms with Crippen molar-refractivity contribution < 1.29 is 10.2 Å². The van der Waals surface area contributed by atoms with Crippen LogP contribution < -0.4 is 5.32 Å². The molecule has 1 atom stereocenters. The van der Waals surface area contributed by atoms with Crippen LogP contribution >= 0.6 is 0 Å². The molecule has 1 unspecified atom stereocenters. The van der Waals surface area contributed by atoms with Crippen LogP contribution in [0, 0.1) is 0 Å². The van der Waals surface area contributed by atoms with Crippen LogP contribution in [0.4, 0.5) is 0 Å². The zero-order chi connectivity index (χ0) is 22.0. The Hall–Kier alpha value is -0.120. The molecule has 0 heterocycles. The maximum absolute atomic E-state index is 9.89. The lowest BCUT2D eigenvalue weighted by atomic mass is 10.0. The maximum atomic E-state index is 9.89. The standard InChI is InChI=1S/C27H57NO2/c1-2-3-4-5-6-7-8-9-10-11-12-13-14-15-16-17-18-19-21-24-27(30)28-25-22-20-23-26-29/h27-30H,2-26H2,1H3. The first-order chi connectivity index (χ1) is 14.8. The van der Waals surface area contributed by atoms with Crippen molar-refractivity contribution in [2.45, 2.75) is 161 Å². The molecule has 0 aliphatic rings. The molecule has 30 heavy (non-hydrogen) atoms. The third-order valence-electron chi connectivity index (χ3n) is 6.30. The van der Waals surface area contributed by atoms with Crippen LogP contribution in [-0.4, -0.2) is 29.6 Å². The molecular weight excluding hydrogens is 370 g/mol. The molecule has 3 nitrogen and oxygen atoms in total. The van der Waals surface area contributed by atoms with Gasteiger partial charge in [-0.05, 0) is 38.6 Å². The summed E-state index contributed by atoms with van der Waals surface area (Å²) < 4.78 is 0. The monoisotopic (exact) mass is 427 g/mol. The highest BCUT2D eigenvalue weighted by Gasteiger charge is 2.02. The van der Waals surface area contributed by atoms with Gasteiger partial charge in [-0.1, -0.05) is 122 Å². The van der Waals surface area contributed by atoms with E-state index in [4.69, 9.17) is 5.11 Å². The van der Waals surface area contributed by atoms with Crippen LogP contribution in [0.3, 0.4) is 0 Å². The van der Waals surface area contributed by atoms with E-state index in [9.17, 15) is 5.11 Å². The predicted molar refractivity (Wildman–Crippen MR) is 133 cm³/mol. The summed E-state index contributed by atoms with van der Waals surface area (Å²) in [6.45, 7) is 3.43. The third kappa shape index (κ3) is 25.9. The molecule has 3 heteroatoms. The fraction of sp³-hybridized carbons (Fsp3) is 1.00. The van der Waals surface area contributed by atoms with Gasteiger partial charge in [0.2, 0.25) is 0 Å². The molecule has 3 N–H and O–H groups in total. The molecule has 0 aromatic carbocycles. The fourth-order valence-corrected chi connectivity index (χ4v) is 4.20. The summed E-state index contributed by atoms with van der Waals surface area (Å²) in [4.78, 5) is 0. The molecule has 0 radical (unpaired) electrons. The second kappa shape index (κ2) is 26.9. The van der Waals surface area contributed by atoms with Crippen molar-refractivity contribution in [1.82, 2.24) is 5.32 Å². The Morgan fingerprint density at radius 3 is 1.27 bits per heavy atom. The zero-order valence-corrected chi connectivity index (χ0v) is 20.6. The van der Waals surface area contributed by atoms with Crippen molar-refractivity contribution in [2.24, 2.45) is 0 Å². The zero-order valence-electron chi connectivity index (χ0n) is 20.6. The first-order valence-corrected chi connectivity index (χ1v) is 13.8. The Bertz CT molecular complexity index is 299. The number of rotatable bonds is 26. The van der Waals surface area contributed by atoms with Gasteiger partial charge in [0.1, 0.15) is 6.23 Å². The molecule has 0 spiro atoms. The van der Waals surface area contributed by atoms with Crippen molar-refractivity contribution in [1.29, 1.82) is 0 Å². The first kappa shape index (κ1) is 29.9. The molecule has 0 aromatic rings. The number of hydrogen-bond donors (Lipinski definition) is 3. The van der Waals surface area contributed by atoms with Crippen molar-refractivity contribution >= 4 is 0 Å². The fourth-order valence-electron chi connectivity index (χ4n) is 4.20. The van der Waals surface area contributed by atoms with E-state index >= 15 is 0 Å². The highest BCUT2D eigenvalue weighted by Crippen LogP contribution is 2.15. The molecule has 0 aromatic heterocycles.